The van der Waals surface area contributed by atoms with Crippen molar-refractivity contribution < 1.29 is 9.59 Å². The number of primary amides is 1. The number of nitrogens with zero attached hydrogens (tertiary/aromatic N) is 3. The second kappa shape index (κ2) is 9.11. The van der Waals surface area contributed by atoms with Crippen molar-refractivity contribution >= 4 is 11.8 Å². The first-order valence-electron chi connectivity index (χ1n) is 9.33. The minimum Gasteiger partial charge on any atom is -0.369 e. The van der Waals surface area contributed by atoms with Crippen LogP contribution in [0.1, 0.15) is 28.9 Å². The maximum absolute atomic E-state index is 12.3. The molecule has 0 saturated carbocycles. The third-order valence-corrected chi connectivity index (χ3v) is 4.98. The molecule has 2 aromatic rings. The molecule has 1 fully saturated rings. The van der Waals surface area contributed by atoms with Crippen LogP contribution in [0.2, 0.25) is 0 Å². The molecule has 7 nitrogen and oxygen atoms in total. The molecule has 0 unspecified atom stereocenters. The van der Waals surface area contributed by atoms with E-state index in [4.69, 9.17) is 11.0 Å². The van der Waals surface area contributed by atoms with Crippen molar-refractivity contribution in [1.82, 2.24) is 15.2 Å². The highest BCUT2D eigenvalue weighted by molar-refractivity contribution is 5.94. The van der Waals surface area contributed by atoms with Gasteiger partial charge in [0.25, 0.3) is 5.91 Å². The van der Waals surface area contributed by atoms with Gasteiger partial charge < -0.3 is 16.0 Å². The van der Waals surface area contributed by atoms with Gasteiger partial charge in [-0.25, -0.2) is 4.98 Å². The predicted molar refractivity (Wildman–Crippen MR) is 105 cm³/mol. The second-order valence-electron chi connectivity index (χ2n) is 6.92. The molecular formula is C21H23N5O2. The zero-order valence-corrected chi connectivity index (χ0v) is 15.6. The number of hydrogen-bond acceptors (Lipinski definition) is 5. The van der Waals surface area contributed by atoms with Gasteiger partial charge in [-0.2, -0.15) is 5.26 Å². The van der Waals surface area contributed by atoms with Crippen LogP contribution < -0.4 is 11.1 Å². The second-order valence-corrected chi connectivity index (χ2v) is 6.92. The van der Waals surface area contributed by atoms with E-state index in [0.717, 1.165) is 30.5 Å². The topological polar surface area (TPSA) is 112 Å². The van der Waals surface area contributed by atoms with Gasteiger partial charge in [-0.05, 0) is 49.2 Å². The molecule has 1 aromatic heterocycles. The van der Waals surface area contributed by atoms with Gasteiger partial charge in [-0.15, -0.1) is 0 Å². The Morgan fingerprint density at radius 3 is 2.61 bits per heavy atom. The largest absolute Gasteiger partial charge is 0.369 e. The van der Waals surface area contributed by atoms with Crippen LogP contribution in [0.3, 0.4) is 0 Å². The van der Waals surface area contributed by atoms with Crippen molar-refractivity contribution in [2.75, 3.05) is 26.2 Å². The first-order valence-corrected chi connectivity index (χ1v) is 9.33. The molecule has 3 N–H and O–H groups in total. The number of likely N-dealkylation sites (tertiary alicyclic amines) is 1. The number of nitrogens with one attached hydrogen (secondary N) is 1. The first-order chi connectivity index (χ1) is 13.6. The normalized spacial score (nSPS) is 16.9. The summed E-state index contributed by atoms with van der Waals surface area (Å²) < 4.78 is 0. The van der Waals surface area contributed by atoms with Crippen molar-refractivity contribution in [3.8, 4) is 17.2 Å². The molecule has 0 radical (unpaired) electrons. The van der Waals surface area contributed by atoms with Crippen LogP contribution >= 0.6 is 0 Å². The third-order valence-electron chi connectivity index (χ3n) is 4.98. The lowest BCUT2D eigenvalue weighted by atomic mass is 9.97. The molecule has 0 spiro atoms. The van der Waals surface area contributed by atoms with Crippen molar-refractivity contribution in [1.29, 1.82) is 5.26 Å². The summed E-state index contributed by atoms with van der Waals surface area (Å²) in [6.07, 6.45) is 3.44. The Bertz CT molecular complexity index is 871. The minimum absolute atomic E-state index is 0.0892. The number of pyridine rings is 1. The number of nitrogens with two attached hydrogens (primary N) is 1. The van der Waals surface area contributed by atoms with Gasteiger partial charge in [-0.1, -0.05) is 12.1 Å². The summed E-state index contributed by atoms with van der Waals surface area (Å²) in [5, 5.41) is 11.7. The standard InChI is InChI=1S/C21H23N5O2/c22-12-19-8-7-17(13-25-19)15-3-5-16(6-4-15)21(28)24-9-11-26-10-1-2-18(14-26)20(23)27/h3-8,13,18H,1-2,9-11,14H2,(H2,23,27)(H,24,28)/t18-/m0/s1. The van der Waals surface area contributed by atoms with Gasteiger partial charge >= 0.3 is 0 Å². The maximum Gasteiger partial charge on any atom is 0.251 e. The fraction of sp³-hybridized carbons (Fsp3) is 0.333. The van der Waals surface area contributed by atoms with E-state index in [-0.39, 0.29) is 17.7 Å². The molecule has 144 valence electrons. The van der Waals surface area contributed by atoms with E-state index < -0.39 is 0 Å². The van der Waals surface area contributed by atoms with E-state index in [9.17, 15) is 9.59 Å². The first kappa shape index (κ1) is 19.5. The molecule has 2 heterocycles. The number of rotatable bonds is 6. The molecule has 0 bridgehead atoms. The molecule has 1 aromatic carbocycles. The van der Waals surface area contributed by atoms with Crippen molar-refractivity contribution in [3.63, 3.8) is 0 Å². The van der Waals surface area contributed by atoms with Crippen LogP contribution in [0.5, 0.6) is 0 Å². The number of piperidine rings is 1. The number of nitriles is 1. The van der Waals surface area contributed by atoms with Gasteiger partial charge in [-0.3, -0.25) is 9.59 Å². The lowest BCUT2D eigenvalue weighted by molar-refractivity contribution is -0.123. The number of benzene rings is 1. The van der Waals surface area contributed by atoms with E-state index >= 15 is 0 Å². The Kier molecular flexibility index (Phi) is 6.35. The highest BCUT2D eigenvalue weighted by atomic mass is 16.2. The molecule has 1 atom stereocenters. The Hall–Kier alpha value is -3.24. The molecule has 0 aliphatic carbocycles. The molecule has 1 aliphatic heterocycles. The summed E-state index contributed by atoms with van der Waals surface area (Å²) >= 11 is 0. The summed E-state index contributed by atoms with van der Waals surface area (Å²) in [6, 6.07) is 12.8. The van der Waals surface area contributed by atoms with E-state index in [0.29, 0.717) is 30.9 Å². The van der Waals surface area contributed by atoms with Crippen LogP contribution in [-0.4, -0.2) is 47.9 Å². The highest BCUT2D eigenvalue weighted by Gasteiger charge is 2.23. The summed E-state index contributed by atoms with van der Waals surface area (Å²) in [5.41, 5.74) is 8.17. The number of aromatic nitrogens is 1. The van der Waals surface area contributed by atoms with E-state index in [1.165, 1.54) is 0 Å². The fourth-order valence-corrected chi connectivity index (χ4v) is 3.37. The van der Waals surface area contributed by atoms with Gasteiger partial charge in [0.1, 0.15) is 11.8 Å². The molecule has 1 aliphatic rings. The van der Waals surface area contributed by atoms with E-state index in [1.807, 2.05) is 24.3 Å². The van der Waals surface area contributed by atoms with Gasteiger partial charge in [0.05, 0.1) is 5.92 Å². The van der Waals surface area contributed by atoms with Crippen molar-refractivity contribution in [2.24, 2.45) is 11.7 Å². The average Bonchev–Trinajstić information content (AvgIpc) is 2.74. The van der Waals surface area contributed by atoms with Gasteiger partial charge in [0.15, 0.2) is 0 Å². The predicted octanol–water partition coefficient (Wildman–Crippen LogP) is 1.55. The van der Waals surface area contributed by atoms with Crippen LogP contribution in [0.4, 0.5) is 0 Å². The Balaban J connectivity index is 1.50. The van der Waals surface area contributed by atoms with Crippen LogP contribution in [0, 0.1) is 17.2 Å². The minimum atomic E-state index is -0.244. The van der Waals surface area contributed by atoms with Crippen LogP contribution in [0.15, 0.2) is 42.6 Å². The lowest BCUT2D eigenvalue weighted by Gasteiger charge is -2.31. The van der Waals surface area contributed by atoms with Crippen molar-refractivity contribution in [3.05, 3.63) is 53.9 Å². The lowest BCUT2D eigenvalue weighted by Crippen LogP contribution is -2.44. The molecule has 3 rings (SSSR count). The Morgan fingerprint density at radius 1 is 1.21 bits per heavy atom. The quantitative estimate of drug-likeness (QED) is 0.793. The highest BCUT2D eigenvalue weighted by Crippen LogP contribution is 2.19. The summed E-state index contributed by atoms with van der Waals surface area (Å²) in [7, 11) is 0. The maximum atomic E-state index is 12.3. The smallest absolute Gasteiger partial charge is 0.251 e. The summed E-state index contributed by atoms with van der Waals surface area (Å²) in [6.45, 7) is 2.81. The van der Waals surface area contributed by atoms with Crippen LogP contribution in [-0.2, 0) is 4.79 Å². The fourth-order valence-electron chi connectivity index (χ4n) is 3.37. The van der Waals surface area contributed by atoms with Gasteiger partial charge in [0.2, 0.25) is 5.91 Å². The number of carbonyl (C=O) groups excluding carboxylic acids is 2. The molecule has 1 saturated heterocycles. The monoisotopic (exact) mass is 377 g/mol. The summed E-state index contributed by atoms with van der Waals surface area (Å²) in [4.78, 5) is 29.9. The van der Waals surface area contributed by atoms with E-state index in [2.05, 4.69) is 15.2 Å². The Labute approximate surface area is 164 Å². The average molecular weight is 377 g/mol. The zero-order valence-electron chi connectivity index (χ0n) is 15.6. The number of hydrogen-bond donors (Lipinski definition) is 2. The third kappa shape index (κ3) is 4.93. The number of carbonyl (C=O) groups is 2. The molecular weight excluding hydrogens is 354 g/mol. The molecule has 28 heavy (non-hydrogen) atoms. The molecule has 2 amide bonds. The summed E-state index contributed by atoms with van der Waals surface area (Å²) in [5.74, 6) is -0.465. The number of amides is 2. The molecule has 7 heteroatoms. The Morgan fingerprint density at radius 2 is 1.96 bits per heavy atom. The van der Waals surface area contributed by atoms with Gasteiger partial charge in [0, 0.05) is 37.0 Å². The van der Waals surface area contributed by atoms with Crippen molar-refractivity contribution in [2.45, 2.75) is 12.8 Å². The SMILES string of the molecule is N#Cc1ccc(-c2ccc(C(=O)NCCN3CCC[C@H](C(N)=O)C3)cc2)cn1. The van der Waals surface area contributed by atoms with Crippen LogP contribution in [0.25, 0.3) is 11.1 Å². The zero-order chi connectivity index (χ0) is 19.9. The van der Waals surface area contributed by atoms with E-state index in [1.54, 1.807) is 24.4 Å².